The molecule has 0 saturated carbocycles. The maximum absolute atomic E-state index is 4.52. The van der Waals surface area contributed by atoms with E-state index in [9.17, 15) is 0 Å². The van der Waals surface area contributed by atoms with Gasteiger partial charge in [0.05, 0.1) is 11.9 Å². The van der Waals surface area contributed by atoms with Crippen LogP contribution in [0.15, 0.2) is 36.9 Å². The SMILES string of the molecule is Cc1cccn2c(CNCC3CCCn4ccnc43)cnc12. The first kappa shape index (κ1) is 13.5. The van der Waals surface area contributed by atoms with E-state index in [1.165, 1.54) is 29.9 Å². The van der Waals surface area contributed by atoms with E-state index in [2.05, 4.69) is 55.7 Å². The Kier molecular flexibility index (Phi) is 3.42. The zero-order valence-corrected chi connectivity index (χ0v) is 12.9. The quantitative estimate of drug-likeness (QED) is 0.804. The largest absolute Gasteiger partial charge is 0.335 e. The lowest BCUT2D eigenvalue weighted by molar-refractivity contribution is 0.422. The highest BCUT2D eigenvalue weighted by Gasteiger charge is 2.20. The van der Waals surface area contributed by atoms with Crippen LogP contribution >= 0.6 is 0 Å². The van der Waals surface area contributed by atoms with Crippen LogP contribution in [0.4, 0.5) is 0 Å². The summed E-state index contributed by atoms with van der Waals surface area (Å²) >= 11 is 0. The molecule has 4 rings (SSSR count). The van der Waals surface area contributed by atoms with Crippen LogP contribution in [0.5, 0.6) is 0 Å². The molecule has 4 heterocycles. The van der Waals surface area contributed by atoms with Crippen LogP contribution in [-0.4, -0.2) is 25.5 Å². The molecule has 1 atom stereocenters. The molecule has 3 aromatic rings. The van der Waals surface area contributed by atoms with E-state index in [1.807, 2.05) is 12.4 Å². The van der Waals surface area contributed by atoms with Gasteiger partial charge >= 0.3 is 0 Å². The first-order valence-corrected chi connectivity index (χ1v) is 7.96. The van der Waals surface area contributed by atoms with E-state index >= 15 is 0 Å². The lowest BCUT2D eigenvalue weighted by atomic mass is 9.99. The van der Waals surface area contributed by atoms with Crippen LogP contribution in [0, 0.1) is 6.92 Å². The van der Waals surface area contributed by atoms with E-state index < -0.39 is 0 Å². The molecule has 3 aromatic heterocycles. The molecule has 0 aliphatic carbocycles. The van der Waals surface area contributed by atoms with Crippen LogP contribution in [0.2, 0.25) is 0 Å². The Bertz CT molecular complexity index is 785. The van der Waals surface area contributed by atoms with Gasteiger partial charge in [-0.1, -0.05) is 6.07 Å². The molecule has 1 N–H and O–H groups in total. The van der Waals surface area contributed by atoms with Crippen molar-refractivity contribution in [2.45, 2.75) is 38.8 Å². The number of nitrogens with zero attached hydrogens (tertiary/aromatic N) is 4. The van der Waals surface area contributed by atoms with Crippen LogP contribution in [-0.2, 0) is 13.1 Å². The number of aromatic nitrogens is 4. The van der Waals surface area contributed by atoms with Crippen molar-refractivity contribution in [1.82, 2.24) is 24.3 Å². The summed E-state index contributed by atoms with van der Waals surface area (Å²) in [5, 5.41) is 3.59. The van der Waals surface area contributed by atoms with Crippen LogP contribution < -0.4 is 5.32 Å². The van der Waals surface area contributed by atoms with Crippen molar-refractivity contribution < 1.29 is 0 Å². The molecule has 0 amide bonds. The number of nitrogens with one attached hydrogen (secondary N) is 1. The van der Waals surface area contributed by atoms with Crippen molar-refractivity contribution in [3.05, 3.63) is 54.0 Å². The van der Waals surface area contributed by atoms with Gasteiger partial charge in [-0.2, -0.15) is 0 Å². The molecule has 114 valence electrons. The van der Waals surface area contributed by atoms with E-state index in [1.54, 1.807) is 0 Å². The summed E-state index contributed by atoms with van der Waals surface area (Å²) in [4.78, 5) is 9.04. The fraction of sp³-hybridized carbons (Fsp3) is 0.412. The summed E-state index contributed by atoms with van der Waals surface area (Å²) in [5.74, 6) is 1.75. The van der Waals surface area contributed by atoms with E-state index in [4.69, 9.17) is 0 Å². The summed E-state index contributed by atoms with van der Waals surface area (Å²) in [7, 11) is 0. The second kappa shape index (κ2) is 5.57. The second-order valence-electron chi connectivity index (χ2n) is 6.08. The monoisotopic (exact) mass is 295 g/mol. The highest BCUT2D eigenvalue weighted by atomic mass is 15.1. The predicted molar refractivity (Wildman–Crippen MR) is 85.8 cm³/mol. The van der Waals surface area contributed by atoms with Gasteiger partial charge in [0.25, 0.3) is 0 Å². The standard InChI is InChI=1S/C17H21N5/c1-13-4-2-8-22-15(12-20-16(13)22)11-18-10-14-5-3-7-21-9-6-19-17(14)21/h2,4,6,8-9,12,14,18H,3,5,7,10-11H2,1H3. The minimum absolute atomic E-state index is 0.518. The van der Waals surface area contributed by atoms with E-state index in [0.717, 1.165) is 25.3 Å². The minimum atomic E-state index is 0.518. The van der Waals surface area contributed by atoms with Gasteiger partial charge in [-0.25, -0.2) is 9.97 Å². The molecule has 0 saturated heterocycles. The Morgan fingerprint density at radius 3 is 3.23 bits per heavy atom. The summed E-state index contributed by atoms with van der Waals surface area (Å²) in [5.41, 5.74) is 3.47. The predicted octanol–water partition coefficient (Wildman–Crippen LogP) is 2.51. The second-order valence-corrected chi connectivity index (χ2v) is 6.08. The average molecular weight is 295 g/mol. The Morgan fingerprint density at radius 2 is 2.27 bits per heavy atom. The highest BCUT2D eigenvalue weighted by molar-refractivity contribution is 5.48. The first-order valence-electron chi connectivity index (χ1n) is 7.96. The topological polar surface area (TPSA) is 47.1 Å². The van der Waals surface area contributed by atoms with Gasteiger partial charge in [0.2, 0.25) is 0 Å². The first-order chi connectivity index (χ1) is 10.8. The maximum Gasteiger partial charge on any atom is 0.139 e. The molecular formula is C17H21N5. The minimum Gasteiger partial charge on any atom is -0.335 e. The Balaban J connectivity index is 1.44. The molecule has 0 radical (unpaired) electrons. The van der Waals surface area contributed by atoms with Crippen LogP contribution in [0.3, 0.4) is 0 Å². The van der Waals surface area contributed by atoms with Crippen molar-refractivity contribution in [3.63, 3.8) is 0 Å². The third-order valence-electron chi connectivity index (χ3n) is 4.57. The van der Waals surface area contributed by atoms with E-state index in [0.29, 0.717) is 5.92 Å². The molecule has 1 aliphatic rings. The molecule has 0 spiro atoms. The van der Waals surface area contributed by atoms with Crippen molar-refractivity contribution in [2.24, 2.45) is 0 Å². The van der Waals surface area contributed by atoms with Crippen molar-refractivity contribution >= 4 is 5.65 Å². The van der Waals surface area contributed by atoms with Crippen LogP contribution in [0.25, 0.3) is 5.65 Å². The Hall–Kier alpha value is -2.14. The maximum atomic E-state index is 4.52. The molecule has 0 fully saturated rings. The van der Waals surface area contributed by atoms with Crippen molar-refractivity contribution in [3.8, 4) is 0 Å². The fourth-order valence-electron chi connectivity index (χ4n) is 3.41. The highest BCUT2D eigenvalue weighted by Crippen LogP contribution is 2.24. The molecule has 0 aromatic carbocycles. The molecular weight excluding hydrogens is 274 g/mol. The Labute approximate surface area is 130 Å². The van der Waals surface area contributed by atoms with Gasteiger partial charge in [0, 0.05) is 44.1 Å². The molecule has 1 aliphatic heterocycles. The number of hydrogen-bond donors (Lipinski definition) is 1. The van der Waals surface area contributed by atoms with Crippen LogP contribution in [0.1, 0.15) is 35.8 Å². The Morgan fingerprint density at radius 1 is 1.32 bits per heavy atom. The number of hydrogen-bond acceptors (Lipinski definition) is 3. The third kappa shape index (κ3) is 2.31. The van der Waals surface area contributed by atoms with Gasteiger partial charge in [-0.3, -0.25) is 0 Å². The molecule has 1 unspecified atom stereocenters. The summed E-state index contributed by atoms with van der Waals surface area (Å²) in [6.07, 6.45) is 10.5. The van der Waals surface area contributed by atoms with Gasteiger partial charge in [-0.15, -0.1) is 0 Å². The van der Waals surface area contributed by atoms with Gasteiger partial charge in [0.15, 0.2) is 0 Å². The molecule has 0 bridgehead atoms. The summed E-state index contributed by atoms with van der Waals surface area (Å²) in [6, 6.07) is 4.17. The lowest BCUT2D eigenvalue weighted by Crippen LogP contribution is -2.26. The average Bonchev–Trinajstić information content (AvgIpc) is 3.15. The van der Waals surface area contributed by atoms with Gasteiger partial charge in [-0.05, 0) is 31.4 Å². The number of rotatable bonds is 4. The zero-order valence-electron chi connectivity index (χ0n) is 12.9. The molecule has 5 nitrogen and oxygen atoms in total. The van der Waals surface area contributed by atoms with Gasteiger partial charge < -0.3 is 14.3 Å². The zero-order chi connectivity index (χ0) is 14.9. The normalized spacial score (nSPS) is 17.8. The summed E-state index contributed by atoms with van der Waals surface area (Å²) < 4.78 is 4.46. The van der Waals surface area contributed by atoms with E-state index in [-0.39, 0.29) is 0 Å². The third-order valence-corrected chi connectivity index (χ3v) is 4.57. The fourth-order valence-corrected chi connectivity index (χ4v) is 3.41. The molecule has 5 heteroatoms. The number of imidazole rings is 2. The number of fused-ring (bicyclic) bond motifs is 2. The number of pyridine rings is 1. The molecule has 22 heavy (non-hydrogen) atoms. The summed E-state index contributed by atoms with van der Waals surface area (Å²) in [6.45, 7) is 5.01. The lowest BCUT2D eigenvalue weighted by Gasteiger charge is -2.23. The number of aryl methyl sites for hydroxylation is 2. The van der Waals surface area contributed by atoms with Crippen molar-refractivity contribution in [2.75, 3.05) is 6.54 Å². The van der Waals surface area contributed by atoms with Crippen molar-refractivity contribution in [1.29, 1.82) is 0 Å². The van der Waals surface area contributed by atoms with Gasteiger partial charge in [0.1, 0.15) is 11.5 Å². The smallest absolute Gasteiger partial charge is 0.139 e.